The number of ether oxygens (including phenoxy) is 1. The summed E-state index contributed by atoms with van der Waals surface area (Å²) in [7, 11) is 0. The summed E-state index contributed by atoms with van der Waals surface area (Å²) in [5.74, 6) is -1.48. The van der Waals surface area contributed by atoms with E-state index in [1.807, 2.05) is 11.8 Å². The van der Waals surface area contributed by atoms with Crippen molar-refractivity contribution in [2.24, 2.45) is 5.92 Å². The van der Waals surface area contributed by atoms with E-state index in [2.05, 4.69) is 15.0 Å². The van der Waals surface area contributed by atoms with Crippen molar-refractivity contribution in [3.05, 3.63) is 10.5 Å². The second-order valence-electron chi connectivity index (χ2n) is 6.79. The molecule has 3 heterocycles. The quantitative estimate of drug-likeness (QED) is 0.574. The van der Waals surface area contributed by atoms with Crippen LogP contribution in [0.15, 0.2) is 4.79 Å². The first-order chi connectivity index (χ1) is 13.0. The van der Waals surface area contributed by atoms with Crippen LogP contribution in [0.1, 0.15) is 32.6 Å². The van der Waals surface area contributed by atoms with Crippen LogP contribution in [0.25, 0.3) is 11.2 Å². The minimum atomic E-state index is -0.782. The largest absolute Gasteiger partial charge is 0.492 e. The highest BCUT2D eigenvalue weighted by molar-refractivity contribution is 5.76. The van der Waals surface area contributed by atoms with Gasteiger partial charge in [-0.2, -0.15) is 9.97 Å². The number of aromatic hydroxyl groups is 1. The molecule has 1 atom stereocenters. The molecule has 1 aliphatic rings. The molecule has 0 spiro atoms. The maximum absolute atomic E-state index is 12.3. The average Bonchev–Trinajstić information content (AvgIpc) is 2.96. The predicted molar refractivity (Wildman–Crippen MR) is 97.0 cm³/mol. The summed E-state index contributed by atoms with van der Waals surface area (Å²) >= 11 is 0. The second kappa shape index (κ2) is 8.38. The van der Waals surface area contributed by atoms with Crippen molar-refractivity contribution in [1.82, 2.24) is 24.4 Å². The number of fused-ring (bicyclic) bond motifs is 1. The number of piperidine rings is 1. The highest BCUT2D eigenvalue weighted by Crippen LogP contribution is 2.21. The van der Waals surface area contributed by atoms with Crippen molar-refractivity contribution in [2.45, 2.75) is 39.2 Å². The first kappa shape index (κ1) is 19.2. The Morgan fingerprint density at radius 1 is 1.37 bits per heavy atom. The van der Waals surface area contributed by atoms with E-state index in [1.54, 1.807) is 0 Å². The van der Waals surface area contributed by atoms with E-state index in [9.17, 15) is 19.8 Å². The van der Waals surface area contributed by atoms with Crippen molar-refractivity contribution in [3.8, 4) is 11.9 Å². The summed E-state index contributed by atoms with van der Waals surface area (Å²) in [5.41, 5.74) is 0.0581. The fourth-order valence-electron chi connectivity index (χ4n) is 3.28. The molecule has 148 valence electrons. The van der Waals surface area contributed by atoms with E-state index in [0.717, 1.165) is 25.8 Å². The molecule has 27 heavy (non-hydrogen) atoms. The molecular weight excluding hydrogens is 354 g/mol. The molecule has 0 aliphatic carbocycles. The first-order valence-corrected chi connectivity index (χ1v) is 9.27. The number of rotatable bonds is 8. The van der Waals surface area contributed by atoms with E-state index in [1.165, 1.54) is 4.57 Å². The molecule has 1 saturated heterocycles. The van der Waals surface area contributed by atoms with Gasteiger partial charge in [0.2, 0.25) is 5.88 Å². The maximum atomic E-state index is 12.3. The van der Waals surface area contributed by atoms with Crippen LogP contribution >= 0.6 is 0 Å². The van der Waals surface area contributed by atoms with Crippen molar-refractivity contribution in [1.29, 1.82) is 0 Å². The van der Waals surface area contributed by atoms with Gasteiger partial charge in [-0.3, -0.25) is 14.3 Å². The lowest BCUT2D eigenvalue weighted by Gasteiger charge is -2.30. The van der Waals surface area contributed by atoms with Crippen LogP contribution in [0, 0.1) is 5.92 Å². The number of hydrogen-bond acceptors (Lipinski definition) is 7. The van der Waals surface area contributed by atoms with Crippen LogP contribution < -0.4 is 10.4 Å². The standard InChI is InChI=1S/C17H25N5O5/c1-2-3-9-27-16-19-13-12(14(23)20-16)18-17(26)22(13)8-7-21-6-4-5-11(10-21)15(24)25/h11H,2-10H2,1H3,(H,18,26)(H,24,25)(H,19,20,23). The van der Waals surface area contributed by atoms with E-state index in [0.29, 0.717) is 32.7 Å². The molecule has 2 aromatic heterocycles. The smallest absolute Gasteiger partial charge is 0.327 e. The number of nitrogens with zero attached hydrogens (tertiary/aromatic N) is 4. The fraction of sp³-hybridized carbons (Fsp3) is 0.647. The zero-order chi connectivity index (χ0) is 19.4. The van der Waals surface area contributed by atoms with Gasteiger partial charge in [0, 0.05) is 19.6 Å². The number of likely N-dealkylation sites (tertiary alicyclic amines) is 1. The molecule has 2 aromatic rings. The first-order valence-electron chi connectivity index (χ1n) is 9.27. The molecule has 3 rings (SSSR count). The van der Waals surface area contributed by atoms with Gasteiger partial charge in [0.05, 0.1) is 12.5 Å². The lowest BCUT2D eigenvalue weighted by molar-refractivity contribution is -0.143. The SMILES string of the molecule is CCCCOc1nc(O)c2[nH]c(=O)n(CCN3CCCC(C(=O)O)C3)c2n1. The molecule has 3 N–H and O–H groups in total. The third kappa shape index (κ3) is 4.38. The number of aromatic amines is 1. The summed E-state index contributed by atoms with van der Waals surface area (Å²) in [4.78, 5) is 36.2. The molecule has 0 bridgehead atoms. The second-order valence-corrected chi connectivity index (χ2v) is 6.79. The average molecular weight is 379 g/mol. The van der Waals surface area contributed by atoms with E-state index in [-0.39, 0.29) is 29.0 Å². The normalized spacial score (nSPS) is 18.0. The number of aliphatic carboxylic acids is 1. The monoisotopic (exact) mass is 379 g/mol. The number of nitrogens with one attached hydrogen (secondary N) is 1. The van der Waals surface area contributed by atoms with Gasteiger partial charge in [0.25, 0.3) is 0 Å². The van der Waals surface area contributed by atoms with Crippen molar-refractivity contribution in [3.63, 3.8) is 0 Å². The van der Waals surface area contributed by atoms with Crippen molar-refractivity contribution in [2.75, 3.05) is 26.2 Å². The van der Waals surface area contributed by atoms with Gasteiger partial charge < -0.3 is 19.8 Å². The molecular formula is C17H25N5O5. The Balaban J connectivity index is 1.76. The number of carboxylic acids is 1. The summed E-state index contributed by atoms with van der Waals surface area (Å²) in [6.07, 6.45) is 3.29. The van der Waals surface area contributed by atoms with Gasteiger partial charge >= 0.3 is 17.7 Å². The summed E-state index contributed by atoms with van der Waals surface area (Å²) < 4.78 is 6.87. The van der Waals surface area contributed by atoms with E-state index < -0.39 is 11.7 Å². The molecule has 10 nitrogen and oxygen atoms in total. The third-order valence-corrected chi connectivity index (χ3v) is 4.81. The Bertz CT molecular complexity index is 861. The van der Waals surface area contributed by atoms with Crippen LogP contribution in [0.2, 0.25) is 0 Å². The Hall–Kier alpha value is -2.62. The minimum absolute atomic E-state index is 0.0325. The summed E-state index contributed by atoms with van der Waals surface area (Å²) in [6.45, 7) is 4.58. The summed E-state index contributed by atoms with van der Waals surface area (Å²) in [5, 5.41) is 19.3. The Kier molecular flexibility index (Phi) is 5.94. The van der Waals surface area contributed by atoms with Gasteiger partial charge in [-0.25, -0.2) is 4.79 Å². The highest BCUT2D eigenvalue weighted by atomic mass is 16.5. The fourth-order valence-corrected chi connectivity index (χ4v) is 3.28. The Morgan fingerprint density at radius 2 is 2.19 bits per heavy atom. The number of carbonyl (C=O) groups is 1. The van der Waals surface area contributed by atoms with Crippen LogP contribution in [-0.4, -0.2) is 66.8 Å². The highest BCUT2D eigenvalue weighted by Gasteiger charge is 2.25. The number of aromatic nitrogens is 4. The number of unbranched alkanes of at least 4 members (excludes halogenated alkanes) is 1. The number of carboxylic acid groups (broad SMARTS) is 1. The van der Waals surface area contributed by atoms with Crippen molar-refractivity contribution >= 4 is 17.1 Å². The summed E-state index contributed by atoms with van der Waals surface area (Å²) in [6, 6.07) is 0.0325. The van der Waals surface area contributed by atoms with Gasteiger partial charge in [-0.05, 0) is 25.8 Å². The van der Waals surface area contributed by atoms with Crippen LogP contribution in [0.3, 0.4) is 0 Å². The zero-order valence-electron chi connectivity index (χ0n) is 15.3. The lowest BCUT2D eigenvalue weighted by atomic mass is 9.98. The van der Waals surface area contributed by atoms with E-state index in [4.69, 9.17) is 4.74 Å². The molecule has 10 heteroatoms. The molecule has 0 radical (unpaired) electrons. The van der Waals surface area contributed by atoms with Crippen LogP contribution in [-0.2, 0) is 11.3 Å². The van der Waals surface area contributed by atoms with E-state index >= 15 is 0 Å². The zero-order valence-corrected chi connectivity index (χ0v) is 15.3. The number of hydrogen-bond donors (Lipinski definition) is 3. The minimum Gasteiger partial charge on any atom is -0.492 e. The maximum Gasteiger partial charge on any atom is 0.327 e. The third-order valence-electron chi connectivity index (χ3n) is 4.81. The molecule has 1 aliphatic heterocycles. The molecule has 0 aromatic carbocycles. The van der Waals surface area contributed by atoms with Gasteiger partial charge in [0.15, 0.2) is 5.65 Å². The van der Waals surface area contributed by atoms with Crippen LogP contribution in [0.5, 0.6) is 11.9 Å². The lowest BCUT2D eigenvalue weighted by Crippen LogP contribution is -2.40. The van der Waals surface area contributed by atoms with Crippen molar-refractivity contribution < 1.29 is 19.7 Å². The van der Waals surface area contributed by atoms with Gasteiger partial charge in [-0.1, -0.05) is 13.3 Å². The molecule has 0 saturated carbocycles. The van der Waals surface area contributed by atoms with Gasteiger partial charge in [0.1, 0.15) is 5.52 Å². The van der Waals surface area contributed by atoms with Crippen LogP contribution in [0.4, 0.5) is 0 Å². The number of H-pyrrole nitrogens is 1. The molecule has 0 amide bonds. The predicted octanol–water partition coefficient (Wildman–Crippen LogP) is 0.801. The topological polar surface area (TPSA) is 134 Å². The van der Waals surface area contributed by atoms with Gasteiger partial charge in [-0.15, -0.1) is 0 Å². The number of imidazole rings is 1. The Labute approximate surface area is 155 Å². The molecule has 1 unspecified atom stereocenters. The Morgan fingerprint density at radius 3 is 2.93 bits per heavy atom. The molecule has 1 fully saturated rings.